The summed E-state index contributed by atoms with van der Waals surface area (Å²) in [7, 11) is -1.71. The lowest BCUT2D eigenvalue weighted by Gasteiger charge is -2.21. The van der Waals surface area contributed by atoms with E-state index in [1.165, 1.54) is 4.31 Å². The van der Waals surface area contributed by atoms with Crippen LogP contribution >= 0.6 is 11.6 Å². The average Bonchev–Trinajstić information content (AvgIpc) is 2.22. The number of hydrogen-bond acceptors (Lipinski definition) is 2. The lowest BCUT2D eigenvalue weighted by atomic mass is 10.2. The molecule has 0 aliphatic rings. The van der Waals surface area contributed by atoms with Crippen molar-refractivity contribution in [1.82, 2.24) is 9.03 Å². The highest BCUT2D eigenvalue weighted by Crippen LogP contribution is 2.03. The molecule has 4 nitrogen and oxygen atoms in total. The fourth-order valence-electron chi connectivity index (χ4n) is 1.15. The highest BCUT2D eigenvalue weighted by atomic mass is 35.5. The predicted octanol–water partition coefficient (Wildman–Crippen LogP) is 1.96. The van der Waals surface area contributed by atoms with Gasteiger partial charge in [-0.25, -0.2) is 4.72 Å². The molecule has 98 valence electrons. The first-order chi connectivity index (χ1) is 7.41. The molecular formula is C10H23ClN2O2S. The van der Waals surface area contributed by atoms with E-state index in [1.807, 2.05) is 13.8 Å². The third-order valence-corrected chi connectivity index (χ3v) is 4.47. The molecule has 0 heterocycles. The van der Waals surface area contributed by atoms with Crippen LogP contribution in [0.1, 0.15) is 39.5 Å². The molecule has 0 radical (unpaired) electrons. The molecule has 0 rings (SSSR count). The summed E-state index contributed by atoms with van der Waals surface area (Å²) in [6.45, 7) is 4.20. The van der Waals surface area contributed by atoms with Crippen LogP contribution in [0.2, 0.25) is 0 Å². The summed E-state index contributed by atoms with van der Waals surface area (Å²) in [5.74, 6) is 0.682. The van der Waals surface area contributed by atoms with Gasteiger partial charge in [-0.1, -0.05) is 12.8 Å². The van der Waals surface area contributed by atoms with Crippen molar-refractivity contribution >= 4 is 21.8 Å². The molecule has 0 aromatic carbocycles. The maximum absolute atomic E-state index is 11.7. The summed E-state index contributed by atoms with van der Waals surface area (Å²) in [6, 6.07) is -0.0197. The average molecular weight is 271 g/mol. The van der Waals surface area contributed by atoms with E-state index < -0.39 is 10.2 Å². The second kappa shape index (κ2) is 8.28. The Balaban J connectivity index is 3.75. The molecule has 0 aliphatic carbocycles. The number of halogens is 1. The maximum atomic E-state index is 11.7. The number of hydrogen-bond donors (Lipinski definition) is 1. The van der Waals surface area contributed by atoms with Crippen LogP contribution in [0.5, 0.6) is 0 Å². The maximum Gasteiger partial charge on any atom is 0.279 e. The minimum Gasteiger partial charge on any atom is -0.202 e. The smallest absolute Gasteiger partial charge is 0.202 e. The zero-order valence-electron chi connectivity index (χ0n) is 10.4. The van der Waals surface area contributed by atoms with Gasteiger partial charge in [-0.3, -0.25) is 0 Å². The Morgan fingerprint density at radius 1 is 1.19 bits per heavy atom. The van der Waals surface area contributed by atoms with E-state index in [9.17, 15) is 8.42 Å². The van der Waals surface area contributed by atoms with Crippen LogP contribution in [0.4, 0.5) is 0 Å². The van der Waals surface area contributed by atoms with Gasteiger partial charge in [-0.2, -0.15) is 12.7 Å². The zero-order chi connectivity index (χ0) is 12.6. The molecule has 0 bridgehead atoms. The molecular weight excluding hydrogens is 248 g/mol. The van der Waals surface area contributed by atoms with Gasteiger partial charge in [-0.15, -0.1) is 11.6 Å². The predicted molar refractivity (Wildman–Crippen MR) is 69.0 cm³/mol. The van der Waals surface area contributed by atoms with Gasteiger partial charge in [0.1, 0.15) is 0 Å². The van der Waals surface area contributed by atoms with E-state index >= 15 is 0 Å². The van der Waals surface area contributed by atoms with Gasteiger partial charge in [0.25, 0.3) is 10.2 Å². The lowest BCUT2D eigenvalue weighted by molar-refractivity contribution is 0.402. The van der Waals surface area contributed by atoms with Crippen molar-refractivity contribution in [3.8, 4) is 0 Å². The van der Waals surface area contributed by atoms with E-state index in [1.54, 1.807) is 7.05 Å². The van der Waals surface area contributed by atoms with Gasteiger partial charge in [0.05, 0.1) is 0 Å². The first-order valence-corrected chi connectivity index (χ1v) is 7.68. The van der Waals surface area contributed by atoms with Crippen LogP contribution in [-0.4, -0.2) is 38.2 Å². The van der Waals surface area contributed by atoms with Gasteiger partial charge in [0.2, 0.25) is 0 Å². The van der Waals surface area contributed by atoms with Gasteiger partial charge >= 0.3 is 0 Å². The van der Waals surface area contributed by atoms with Crippen LogP contribution in [0, 0.1) is 0 Å². The van der Waals surface area contributed by atoms with Crippen LogP contribution in [0.15, 0.2) is 0 Å². The quantitative estimate of drug-likeness (QED) is 0.514. The summed E-state index contributed by atoms with van der Waals surface area (Å²) >= 11 is 5.55. The molecule has 6 heteroatoms. The Hall–Kier alpha value is 0.160. The van der Waals surface area contributed by atoms with Crippen molar-refractivity contribution in [2.75, 3.05) is 19.5 Å². The number of unbranched alkanes of at least 4 members (excludes halogenated alkanes) is 3. The molecule has 1 N–H and O–H groups in total. The summed E-state index contributed by atoms with van der Waals surface area (Å²) in [5.41, 5.74) is 0. The SMILES string of the molecule is CC(C)N(C)S(=O)(=O)NCCCCCCCl. The molecule has 0 unspecified atom stereocenters. The summed E-state index contributed by atoms with van der Waals surface area (Å²) < 4.78 is 27.2. The minimum atomic E-state index is -3.30. The van der Waals surface area contributed by atoms with Crippen molar-refractivity contribution in [3.63, 3.8) is 0 Å². The molecule has 0 spiro atoms. The third kappa shape index (κ3) is 6.68. The first kappa shape index (κ1) is 16.2. The molecule has 0 fully saturated rings. The van der Waals surface area contributed by atoms with Crippen molar-refractivity contribution < 1.29 is 8.42 Å². The van der Waals surface area contributed by atoms with E-state index in [0.29, 0.717) is 12.4 Å². The standard InChI is InChI=1S/C10H23ClN2O2S/c1-10(2)13(3)16(14,15)12-9-7-5-4-6-8-11/h10,12H,4-9H2,1-3H3. The number of nitrogens with zero attached hydrogens (tertiary/aromatic N) is 1. The number of nitrogens with one attached hydrogen (secondary N) is 1. The van der Waals surface area contributed by atoms with E-state index in [4.69, 9.17) is 11.6 Å². The second-order valence-corrected chi connectivity index (χ2v) is 6.31. The molecule has 0 saturated heterocycles. The third-order valence-electron chi connectivity index (χ3n) is 2.45. The largest absolute Gasteiger partial charge is 0.279 e. The van der Waals surface area contributed by atoms with Gasteiger partial charge in [0, 0.05) is 25.5 Å². The molecule has 0 aromatic rings. The molecule has 0 amide bonds. The van der Waals surface area contributed by atoms with E-state index in [2.05, 4.69) is 4.72 Å². The highest BCUT2D eigenvalue weighted by Gasteiger charge is 2.18. The minimum absolute atomic E-state index is 0.0197. The van der Waals surface area contributed by atoms with Crippen molar-refractivity contribution in [3.05, 3.63) is 0 Å². The van der Waals surface area contributed by atoms with Crippen LogP contribution < -0.4 is 4.72 Å². The summed E-state index contributed by atoms with van der Waals surface area (Å²) in [4.78, 5) is 0. The van der Waals surface area contributed by atoms with Crippen molar-refractivity contribution in [1.29, 1.82) is 0 Å². The molecule has 0 saturated carbocycles. The number of alkyl halides is 1. The Bertz CT molecular complexity index is 268. The Morgan fingerprint density at radius 2 is 1.75 bits per heavy atom. The molecule has 0 atom stereocenters. The number of rotatable bonds is 9. The fraction of sp³-hybridized carbons (Fsp3) is 1.00. The van der Waals surface area contributed by atoms with Crippen LogP contribution in [0.3, 0.4) is 0 Å². The summed E-state index contributed by atoms with van der Waals surface area (Å²) in [6.07, 6.45) is 3.94. The topological polar surface area (TPSA) is 49.4 Å². The highest BCUT2D eigenvalue weighted by molar-refractivity contribution is 7.87. The van der Waals surface area contributed by atoms with Gasteiger partial charge < -0.3 is 0 Å². The summed E-state index contributed by atoms with van der Waals surface area (Å²) in [5, 5.41) is 0. The molecule has 0 aromatic heterocycles. The van der Waals surface area contributed by atoms with E-state index in [-0.39, 0.29) is 6.04 Å². The van der Waals surface area contributed by atoms with Crippen LogP contribution in [-0.2, 0) is 10.2 Å². The van der Waals surface area contributed by atoms with Crippen molar-refractivity contribution in [2.24, 2.45) is 0 Å². The van der Waals surface area contributed by atoms with Gasteiger partial charge in [-0.05, 0) is 26.7 Å². The Labute approximate surface area is 105 Å². The zero-order valence-corrected chi connectivity index (χ0v) is 11.9. The Morgan fingerprint density at radius 3 is 2.25 bits per heavy atom. The fourth-order valence-corrected chi connectivity index (χ4v) is 2.50. The van der Waals surface area contributed by atoms with Gasteiger partial charge in [0.15, 0.2) is 0 Å². The van der Waals surface area contributed by atoms with Crippen molar-refractivity contribution in [2.45, 2.75) is 45.6 Å². The Kier molecular flexibility index (Phi) is 8.36. The van der Waals surface area contributed by atoms with Crippen LogP contribution in [0.25, 0.3) is 0 Å². The second-order valence-electron chi connectivity index (χ2n) is 4.11. The first-order valence-electron chi connectivity index (χ1n) is 5.70. The normalized spacial score (nSPS) is 12.6. The molecule has 16 heavy (non-hydrogen) atoms. The monoisotopic (exact) mass is 270 g/mol. The lowest BCUT2D eigenvalue weighted by Crippen LogP contribution is -2.42. The molecule has 0 aliphatic heterocycles. The van der Waals surface area contributed by atoms with E-state index in [0.717, 1.165) is 25.7 Å².